The molecule has 0 aromatic heterocycles. The van der Waals surface area contributed by atoms with E-state index in [9.17, 15) is 13.5 Å². The van der Waals surface area contributed by atoms with Crippen LogP contribution in [-0.2, 0) is 10.0 Å². The molecule has 206 valence electrons. The number of hydrogen-bond acceptors (Lipinski definition) is 7. The van der Waals surface area contributed by atoms with Gasteiger partial charge in [0.2, 0.25) is 10.0 Å². The predicted octanol–water partition coefficient (Wildman–Crippen LogP) is 4.37. The standard InChI is InChI=1S/C30H34N2O6S/c1-36-24-10-8-22(9-11-24)28-21-38-29-20-25(12-13-27(29)30(28)33)37-19-5-16-32-17-14-23(15-18-32)31-39(34,35)26-6-3-2-4-7-26/h2-4,6-13,20-21,23,30-31,33H,5,14-19H2,1H3. The summed E-state index contributed by atoms with van der Waals surface area (Å²) in [5.74, 6) is 2.03. The summed E-state index contributed by atoms with van der Waals surface area (Å²) in [5, 5.41) is 10.9. The Labute approximate surface area is 229 Å². The molecule has 3 aromatic carbocycles. The molecule has 5 rings (SSSR count). The number of piperidine rings is 1. The largest absolute Gasteiger partial charge is 0.497 e. The Balaban J connectivity index is 1.06. The van der Waals surface area contributed by atoms with Gasteiger partial charge in [-0.15, -0.1) is 0 Å². The summed E-state index contributed by atoms with van der Waals surface area (Å²) in [5.41, 5.74) is 2.25. The van der Waals surface area contributed by atoms with Crippen LogP contribution in [0.5, 0.6) is 17.2 Å². The van der Waals surface area contributed by atoms with E-state index in [2.05, 4.69) is 9.62 Å². The molecule has 8 nitrogen and oxygen atoms in total. The summed E-state index contributed by atoms with van der Waals surface area (Å²) in [6, 6.07) is 21.5. The number of aliphatic hydroxyl groups is 1. The highest BCUT2D eigenvalue weighted by Gasteiger charge is 2.26. The Morgan fingerprint density at radius 1 is 1.00 bits per heavy atom. The first-order valence-electron chi connectivity index (χ1n) is 13.2. The Morgan fingerprint density at radius 3 is 2.44 bits per heavy atom. The molecule has 1 unspecified atom stereocenters. The van der Waals surface area contributed by atoms with Crippen molar-refractivity contribution in [2.45, 2.75) is 36.3 Å². The minimum atomic E-state index is -3.48. The SMILES string of the molecule is COc1ccc(C2=COc3cc(OCCCN4CCC(NS(=O)(=O)c5ccccc5)CC4)ccc3C2O)cc1. The Kier molecular flexibility index (Phi) is 8.52. The lowest BCUT2D eigenvalue weighted by Gasteiger charge is -2.32. The second kappa shape index (κ2) is 12.2. The Bertz CT molecular complexity index is 1380. The molecule has 0 bridgehead atoms. The van der Waals surface area contributed by atoms with Crippen LogP contribution in [0.4, 0.5) is 0 Å². The van der Waals surface area contributed by atoms with Gasteiger partial charge in [0.05, 0.1) is 24.9 Å². The molecule has 2 aliphatic rings. The maximum absolute atomic E-state index is 12.6. The van der Waals surface area contributed by atoms with Gasteiger partial charge in [0.15, 0.2) is 0 Å². The van der Waals surface area contributed by atoms with E-state index in [1.165, 1.54) is 0 Å². The minimum Gasteiger partial charge on any atom is -0.497 e. The van der Waals surface area contributed by atoms with Gasteiger partial charge in [-0.3, -0.25) is 0 Å². The number of sulfonamides is 1. The third-order valence-corrected chi connectivity index (χ3v) is 8.70. The van der Waals surface area contributed by atoms with Crippen LogP contribution in [0.1, 0.15) is 36.5 Å². The maximum atomic E-state index is 12.6. The smallest absolute Gasteiger partial charge is 0.240 e. The number of hydrogen-bond donors (Lipinski definition) is 2. The van der Waals surface area contributed by atoms with Gasteiger partial charge in [0.25, 0.3) is 0 Å². The van der Waals surface area contributed by atoms with Crippen molar-refractivity contribution >= 4 is 15.6 Å². The molecule has 39 heavy (non-hydrogen) atoms. The van der Waals surface area contributed by atoms with Gasteiger partial charge in [0, 0.05) is 29.8 Å². The van der Waals surface area contributed by atoms with Gasteiger partial charge in [-0.25, -0.2) is 13.1 Å². The van der Waals surface area contributed by atoms with Gasteiger partial charge in [-0.2, -0.15) is 0 Å². The average molecular weight is 551 g/mol. The zero-order chi connectivity index (χ0) is 27.2. The van der Waals surface area contributed by atoms with Crippen LogP contribution in [0.15, 0.2) is 84.0 Å². The summed E-state index contributed by atoms with van der Waals surface area (Å²) < 4.78 is 45.0. The first-order valence-corrected chi connectivity index (χ1v) is 14.7. The summed E-state index contributed by atoms with van der Waals surface area (Å²) in [6.45, 7) is 3.12. The molecule has 9 heteroatoms. The number of rotatable bonds is 10. The van der Waals surface area contributed by atoms with Crippen LogP contribution in [0.25, 0.3) is 5.57 Å². The lowest BCUT2D eigenvalue weighted by Crippen LogP contribution is -2.44. The fourth-order valence-corrected chi connectivity index (χ4v) is 6.27. The van der Waals surface area contributed by atoms with Crippen molar-refractivity contribution in [3.05, 3.63) is 90.2 Å². The normalized spacial score (nSPS) is 18.1. The third-order valence-electron chi connectivity index (χ3n) is 7.16. The maximum Gasteiger partial charge on any atom is 0.240 e. The van der Waals surface area contributed by atoms with Gasteiger partial charge in [-0.1, -0.05) is 30.3 Å². The predicted molar refractivity (Wildman–Crippen MR) is 149 cm³/mol. The van der Waals surface area contributed by atoms with Crippen molar-refractivity contribution in [1.29, 1.82) is 0 Å². The van der Waals surface area contributed by atoms with Crippen LogP contribution in [0, 0.1) is 0 Å². The number of aliphatic hydroxyl groups excluding tert-OH is 1. The lowest BCUT2D eigenvalue weighted by atomic mass is 9.94. The van der Waals surface area contributed by atoms with Crippen LogP contribution in [-0.4, -0.2) is 57.8 Å². The number of benzene rings is 3. The number of nitrogens with zero attached hydrogens (tertiary/aromatic N) is 1. The van der Waals surface area contributed by atoms with Crippen molar-refractivity contribution in [3.63, 3.8) is 0 Å². The Hall–Kier alpha value is -3.37. The highest BCUT2D eigenvalue weighted by Crippen LogP contribution is 2.41. The topological polar surface area (TPSA) is 97.3 Å². The monoisotopic (exact) mass is 550 g/mol. The second-order valence-corrected chi connectivity index (χ2v) is 11.5. The van der Waals surface area contributed by atoms with Crippen LogP contribution in [0.2, 0.25) is 0 Å². The quantitative estimate of drug-likeness (QED) is 0.362. The Morgan fingerprint density at radius 2 is 1.72 bits per heavy atom. The van der Waals surface area contributed by atoms with Gasteiger partial charge < -0.3 is 24.2 Å². The fourth-order valence-electron chi connectivity index (χ4n) is 4.94. The zero-order valence-electron chi connectivity index (χ0n) is 22.0. The molecule has 0 spiro atoms. The van der Waals surface area contributed by atoms with Gasteiger partial charge in [-0.05, 0) is 74.3 Å². The van der Waals surface area contributed by atoms with Crippen molar-refractivity contribution in [3.8, 4) is 17.2 Å². The molecule has 1 fully saturated rings. The van der Waals surface area contributed by atoms with E-state index in [0.717, 1.165) is 50.2 Å². The first kappa shape index (κ1) is 27.2. The highest BCUT2D eigenvalue weighted by atomic mass is 32.2. The van der Waals surface area contributed by atoms with Crippen molar-refractivity contribution in [2.75, 3.05) is 33.4 Å². The second-order valence-electron chi connectivity index (χ2n) is 9.77. The summed E-state index contributed by atoms with van der Waals surface area (Å²) >= 11 is 0. The molecule has 2 aliphatic heterocycles. The summed E-state index contributed by atoms with van der Waals surface area (Å²) in [4.78, 5) is 2.65. The molecule has 2 heterocycles. The minimum absolute atomic E-state index is 0.0483. The molecule has 1 atom stereocenters. The van der Waals surface area contributed by atoms with Crippen molar-refractivity contribution in [2.24, 2.45) is 0 Å². The van der Waals surface area contributed by atoms with Crippen molar-refractivity contribution in [1.82, 2.24) is 9.62 Å². The molecule has 3 aromatic rings. The molecule has 0 saturated carbocycles. The van der Waals surface area contributed by atoms with E-state index in [0.29, 0.717) is 34.1 Å². The van der Waals surface area contributed by atoms with Crippen molar-refractivity contribution < 1.29 is 27.7 Å². The summed E-state index contributed by atoms with van der Waals surface area (Å²) in [7, 11) is -1.86. The highest BCUT2D eigenvalue weighted by molar-refractivity contribution is 7.89. The number of likely N-dealkylation sites (tertiary alicyclic amines) is 1. The number of ether oxygens (including phenoxy) is 3. The number of nitrogens with one attached hydrogen (secondary N) is 1. The lowest BCUT2D eigenvalue weighted by molar-refractivity contribution is 0.189. The molecule has 0 amide bonds. The summed E-state index contributed by atoms with van der Waals surface area (Å²) in [6.07, 6.45) is 3.20. The molecule has 0 radical (unpaired) electrons. The van der Waals surface area contributed by atoms with E-state index in [-0.39, 0.29) is 6.04 Å². The zero-order valence-corrected chi connectivity index (χ0v) is 22.8. The molecule has 1 saturated heterocycles. The fraction of sp³-hybridized carbons (Fsp3) is 0.333. The molecular formula is C30H34N2O6S. The van der Waals surface area contributed by atoms with E-state index < -0.39 is 16.1 Å². The van der Waals surface area contributed by atoms with Crippen LogP contribution < -0.4 is 18.9 Å². The van der Waals surface area contributed by atoms with Crippen LogP contribution >= 0.6 is 0 Å². The molecule has 2 N–H and O–H groups in total. The molecule has 0 aliphatic carbocycles. The van der Waals surface area contributed by atoms with E-state index in [1.807, 2.05) is 48.5 Å². The van der Waals surface area contributed by atoms with Gasteiger partial charge in [0.1, 0.15) is 23.4 Å². The third kappa shape index (κ3) is 6.62. The van der Waals surface area contributed by atoms with Crippen LogP contribution in [0.3, 0.4) is 0 Å². The number of methoxy groups -OCH3 is 1. The first-order chi connectivity index (χ1) is 18.9. The molecular weight excluding hydrogens is 516 g/mol. The van der Waals surface area contributed by atoms with E-state index >= 15 is 0 Å². The van der Waals surface area contributed by atoms with E-state index in [1.54, 1.807) is 37.6 Å². The average Bonchev–Trinajstić information content (AvgIpc) is 2.97. The van der Waals surface area contributed by atoms with Gasteiger partial charge >= 0.3 is 0 Å². The number of fused-ring (bicyclic) bond motifs is 1. The van der Waals surface area contributed by atoms with E-state index in [4.69, 9.17) is 14.2 Å².